The van der Waals surface area contributed by atoms with Crippen LogP contribution < -0.4 is 10.0 Å². The summed E-state index contributed by atoms with van der Waals surface area (Å²) in [5.41, 5.74) is 1.09. The SMILES string of the molecule is Cl.O=S(=O)(Cc1noc2ccccc12)NC1CC2CCC(C1)N2. The minimum Gasteiger partial charge on any atom is -0.356 e. The lowest BCUT2D eigenvalue weighted by Gasteiger charge is -2.29. The molecule has 4 rings (SSSR count). The summed E-state index contributed by atoms with van der Waals surface area (Å²) >= 11 is 0. The molecule has 0 amide bonds. The second kappa shape index (κ2) is 6.39. The lowest BCUT2D eigenvalue weighted by atomic mass is 10.0. The molecule has 0 radical (unpaired) electrons. The first-order valence-electron chi connectivity index (χ1n) is 7.68. The molecule has 6 nitrogen and oxygen atoms in total. The van der Waals surface area contributed by atoms with Gasteiger partial charge in [0, 0.05) is 23.5 Å². The highest BCUT2D eigenvalue weighted by molar-refractivity contribution is 7.88. The van der Waals surface area contributed by atoms with Crippen LogP contribution in [0.1, 0.15) is 31.4 Å². The molecule has 2 N–H and O–H groups in total. The zero-order valence-electron chi connectivity index (χ0n) is 12.6. The van der Waals surface area contributed by atoms with E-state index in [1.807, 2.05) is 18.2 Å². The molecule has 2 saturated heterocycles. The van der Waals surface area contributed by atoms with E-state index in [1.54, 1.807) is 6.07 Å². The van der Waals surface area contributed by atoms with Crippen molar-refractivity contribution >= 4 is 33.4 Å². The topological polar surface area (TPSA) is 84.2 Å². The molecular formula is C15H20ClN3O3S. The molecule has 8 heteroatoms. The smallest absolute Gasteiger partial charge is 0.217 e. The first kappa shape index (κ1) is 16.7. The molecule has 0 saturated carbocycles. The van der Waals surface area contributed by atoms with Crippen LogP contribution in [0.3, 0.4) is 0 Å². The number of nitrogens with zero attached hydrogens (tertiary/aromatic N) is 1. The summed E-state index contributed by atoms with van der Waals surface area (Å²) in [4.78, 5) is 0. The van der Waals surface area contributed by atoms with E-state index < -0.39 is 10.0 Å². The Morgan fingerprint density at radius 1 is 1.22 bits per heavy atom. The van der Waals surface area contributed by atoms with E-state index in [9.17, 15) is 8.42 Å². The molecule has 0 aliphatic carbocycles. The van der Waals surface area contributed by atoms with Crippen LogP contribution in [0.15, 0.2) is 28.8 Å². The first-order chi connectivity index (χ1) is 10.6. The van der Waals surface area contributed by atoms with Gasteiger partial charge in [0.25, 0.3) is 0 Å². The van der Waals surface area contributed by atoms with E-state index >= 15 is 0 Å². The summed E-state index contributed by atoms with van der Waals surface area (Å²) in [7, 11) is -3.41. The zero-order chi connectivity index (χ0) is 15.2. The Balaban J connectivity index is 0.00000156. The molecule has 2 atom stereocenters. The minimum absolute atomic E-state index is 0. The predicted octanol–water partition coefficient (Wildman–Crippen LogP) is 1.95. The highest BCUT2D eigenvalue weighted by Crippen LogP contribution is 2.27. The van der Waals surface area contributed by atoms with Crippen molar-refractivity contribution in [2.75, 3.05) is 0 Å². The molecule has 3 heterocycles. The first-order valence-corrected chi connectivity index (χ1v) is 9.34. The van der Waals surface area contributed by atoms with Crippen LogP contribution in [-0.2, 0) is 15.8 Å². The second-order valence-electron chi connectivity index (χ2n) is 6.31. The van der Waals surface area contributed by atoms with Crippen LogP contribution >= 0.6 is 12.4 Å². The normalized spacial score (nSPS) is 27.0. The summed E-state index contributed by atoms with van der Waals surface area (Å²) in [5.74, 6) is -0.136. The van der Waals surface area contributed by atoms with E-state index in [0.29, 0.717) is 23.4 Å². The molecule has 2 aliphatic heterocycles. The van der Waals surface area contributed by atoms with Gasteiger partial charge in [-0.3, -0.25) is 0 Å². The maximum atomic E-state index is 12.4. The monoisotopic (exact) mass is 357 g/mol. The number of sulfonamides is 1. The van der Waals surface area contributed by atoms with E-state index in [1.165, 1.54) is 0 Å². The number of halogens is 1. The van der Waals surface area contributed by atoms with Crippen molar-refractivity contribution in [1.82, 2.24) is 15.2 Å². The van der Waals surface area contributed by atoms with Gasteiger partial charge in [0.05, 0.1) is 0 Å². The van der Waals surface area contributed by atoms with Crippen molar-refractivity contribution in [2.24, 2.45) is 0 Å². The lowest BCUT2D eigenvalue weighted by Crippen LogP contribution is -2.48. The summed E-state index contributed by atoms with van der Waals surface area (Å²) in [6.45, 7) is 0. The summed E-state index contributed by atoms with van der Waals surface area (Å²) in [5, 5.41) is 8.19. The number of nitrogens with one attached hydrogen (secondary N) is 2. The minimum atomic E-state index is -3.41. The van der Waals surface area contributed by atoms with Gasteiger partial charge in [0.1, 0.15) is 11.4 Å². The second-order valence-corrected chi connectivity index (χ2v) is 8.06. The van der Waals surface area contributed by atoms with Crippen LogP contribution in [0.2, 0.25) is 0 Å². The molecule has 0 spiro atoms. The summed E-state index contributed by atoms with van der Waals surface area (Å²) in [6.07, 6.45) is 4.04. The fourth-order valence-corrected chi connectivity index (χ4v) is 5.02. The average molecular weight is 358 g/mol. The van der Waals surface area contributed by atoms with Crippen molar-refractivity contribution in [3.63, 3.8) is 0 Å². The summed E-state index contributed by atoms with van der Waals surface area (Å²) < 4.78 is 32.9. The molecule has 126 valence electrons. The standard InChI is InChI=1S/C15H19N3O3S.ClH/c19-22(20,18-12-7-10-5-6-11(8-12)16-10)9-14-13-3-1-2-4-15(13)21-17-14;/h1-4,10-12,16,18H,5-9H2;1H. The predicted molar refractivity (Wildman–Crippen MR) is 90.0 cm³/mol. The van der Waals surface area contributed by atoms with Crippen LogP contribution in [0, 0.1) is 0 Å². The van der Waals surface area contributed by atoms with Gasteiger partial charge in [-0.25, -0.2) is 13.1 Å². The fourth-order valence-electron chi connectivity index (χ4n) is 3.67. The van der Waals surface area contributed by atoms with Gasteiger partial charge in [0.15, 0.2) is 5.58 Å². The molecule has 2 fully saturated rings. The van der Waals surface area contributed by atoms with Gasteiger partial charge in [-0.1, -0.05) is 17.3 Å². The van der Waals surface area contributed by atoms with Crippen molar-refractivity contribution in [1.29, 1.82) is 0 Å². The Kier molecular flexibility index (Phi) is 4.64. The molecule has 1 aromatic carbocycles. The number of para-hydroxylation sites is 1. The van der Waals surface area contributed by atoms with Gasteiger partial charge in [-0.2, -0.15) is 0 Å². The number of hydrogen-bond acceptors (Lipinski definition) is 5. The molecule has 2 aromatic rings. The number of benzene rings is 1. The molecule has 2 unspecified atom stereocenters. The van der Waals surface area contributed by atoms with Crippen molar-refractivity contribution in [3.8, 4) is 0 Å². The number of rotatable bonds is 4. The van der Waals surface area contributed by atoms with Crippen molar-refractivity contribution in [3.05, 3.63) is 30.0 Å². The lowest BCUT2D eigenvalue weighted by molar-refractivity contribution is 0.345. The van der Waals surface area contributed by atoms with Crippen LogP contribution in [0.5, 0.6) is 0 Å². The van der Waals surface area contributed by atoms with Gasteiger partial charge >= 0.3 is 0 Å². The molecule has 23 heavy (non-hydrogen) atoms. The largest absolute Gasteiger partial charge is 0.356 e. The number of hydrogen-bond donors (Lipinski definition) is 2. The van der Waals surface area contributed by atoms with E-state index in [4.69, 9.17) is 4.52 Å². The maximum absolute atomic E-state index is 12.4. The molecule has 2 aliphatic rings. The van der Waals surface area contributed by atoms with Gasteiger partial charge in [0.2, 0.25) is 10.0 Å². The number of piperidine rings is 1. The third-order valence-electron chi connectivity index (χ3n) is 4.60. The van der Waals surface area contributed by atoms with Crippen LogP contribution in [0.4, 0.5) is 0 Å². The fraction of sp³-hybridized carbons (Fsp3) is 0.533. The van der Waals surface area contributed by atoms with Crippen molar-refractivity contribution in [2.45, 2.75) is 49.6 Å². The Labute approximate surface area is 141 Å². The highest BCUT2D eigenvalue weighted by Gasteiger charge is 2.35. The van der Waals surface area contributed by atoms with Gasteiger partial charge in [-0.15, -0.1) is 12.4 Å². The Morgan fingerprint density at radius 2 is 1.91 bits per heavy atom. The number of fused-ring (bicyclic) bond motifs is 3. The van der Waals surface area contributed by atoms with E-state index in [2.05, 4.69) is 15.2 Å². The molecular weight excluding hydrogens is 338 g/mol. The quantitative estimate of drug-likeness (QED) is 0.873. The number of aromatic nitrogens is 1. The van der Waals surface area contributed by atoms with E-state index in [0.717, 1.165) is 31.1 Å². The Bertz CT molecular complexity index is 780. The third-order valence-corrected chi connectivity index (χ3v) is 5.94. The van der Waals surface area contributed by atoms with Crippen LogP contribution in [-0.4, -0.2) is 31.7 Å². The molecule has 2 bridgehead atoms. The highest BCUT2D eigenvalue weighted by atomic mass is 35.5. The van der Waals surface area contributed by atoms with Gasteiger partial charge < -0.3 is 9.84 Å². The summed E-state index contributed by atoms with van der Waals surface area (Å²) in [6, 6.07) is 8.26. The Hall–Kier alpha value is -1.15. The average Bonchev–Trinajstić information content (AvgIpc) is 3.02. The maximum Gasteiger partial charge on any atom is 0.217 e. The van der Waals surface area contributed by atoms with Crippen LogP contribution in [0.25, 0.3) is 11.0 Å². The third kappa shape index (κ3) is 3.52. The molecule has 1 aromatic heterocycles. The zero-order valence-corrected chi connectivity index (χ0v) is 14.2. The Morgan fingerprint density at radius 3 is 2.65 bits per heavy atom. The van der Waals surface area contributed by atoms with E-state index in [-0.39, 0.29) is 24.2 Å². The van der Waals surface area contributed by atoms with Gasteiger partial charge in [-0.05, 0) is 37.8 Å². The van der Waals surface area contributed by atoms with Crippen molar-refractivity contribution < 1.29 is 12.9 Å².